The van der Waals surface area contributed by atoms with Gasteiger partial charge in [0.2, 0.25) is 0 Å². The minimum absolute atomic E-state index is 0.0851. The number of methoxy groups -OCH3 is 1. The number of Topliss-reactive ketones (excluding diaryl/α,β-unsaturated/α-hetero) is 1. The number of aliphatic hydroxyl groups is 1. The predicted octanol–water partition coefficient (Wildman–Crippen LogP) is 4.03. The van der Waals surface area contributed by atoms with Gasteiger partial charge in [0, 0.05) is 31.3 Å². The first-order chi connectivity index (χ1) is 16.5. The summed E-state index contributed by atoms with van der Waals surface area (Å²) < 4.78 is 22.2. The SMILES string of the molecule is COc1ccc(OCCC(=O)C[C@H](CN2CCCC2C)C(O)c2ccc3c(c2)OCCO3)cc1. The highest BCUT2D eigenvalue weighted by Crippen LogP contribution is 2.36. The normalized spacial score (nSPS) is 19.4. The zero-order chi connectivity index (χ0) is 23.9. The van der Waals surface area contributed by atoms with Crippen LogP contribution in [-0.4, -0.2) is 61.9 Å². The van der Waals surface area contributed by atoms with Crippen molar-refractivity contribution >= 4 is 5.78 Å². The number of hydrogen-bond acceptors (Lipinski definition) is 7. The van der Waals surface area contributed by atoms with Crippen LogP contribution in [0.5, 0.6) is 23.0 Å². The van der Waals surface area contributed by atoms with Crippen LogP contribution in [0.25, 0.3) is 0 Å². The molecule has 34 heavy (non-hydrogen) atoms. The van der Waals surface area contributed by atoms with Crippen LogP contribution >= 0.6 is 0 Å². The summed E-state index contributed by atoms with van der Waals surface area (Å²) in [5, 5.41) is 11.3. The molecule has 7 heteroatoms. The molecule has 0 bridgehead atoms. The van der Waals surface area contributed by atoms with Crippen molar-refractivity contribution in [2.75, 3.05) is 40.0 Å². The minimum atomic E-state index is -0.768. The Labute approximate surface area is 201 Å². The van der Waals surface area contributed by atoms with Crippen LogP contribution in [-0.2, 0) is 4.79 Å². The average molecular weight is 470 g/mol. The highest BCUT2D eigenvalue weighted by molar-refractivity contribution is 5.78. The summed E-state index contributed by atoms with van der Waals surface area (Å²) in [7, 11) is 1.62. The van der Waals surface area contributed by atoms with Gasteiger partial charge >= 0.3 is 0 Å². The zero-order valence-electron chi connectivity index (χ0n) is 20.1. The van der Waals surface area contributed by atoms with Crippen LogP contribution in [0, 0.1) is 5.92 Å². The van der Waals surface area contributed by atoms with Gasteiger partial charge < -0.3 is 29.0 Å². The number of nitrogens with zero attached hydrogens (tertiary/aromatic N) is 1. The number of rotatable bonds is 11. The lowest BCUT2D eigenvalue weighted by atomic mass is 9.89. The third kappa shape index (κ3) is 6.21. The molecule has 2 aromatic carbocycles. The Morgan fingerprint density at radius 1 is 1.12 bits per heavy atom. The molecule has 2 aromatic rings. The van der Waals surface area contributed by atoms with E-state index in [0.29, 0.717) is 62.5 Å². The van der Waals surface area contributed by atoms with E-state index in [1.165, 1.54) is 0 Å². The topological polar surface area (TPSA) is 77.5 Å². The van der Waals surface area contributed by atoms with Crippen molar-refractivity contribution < 1.29 is 28.8 Å². The highest BCUT2D eigenvalue weighted by atomic mass is 16.6. The van der Waals surface area contributed by atoms with Crippen LogP contribution in [0.4, 0.5) is 0 Å². The van der Waals surface area contributed by atoms with Crippen molar-refractivity contribution in [3.8, 4) is 23.0 Å². The Morgan fingerprint density at radius 2 is 1.85 bits per heavy atom. The summed E-state index contributed by atoms with van der Waals surface area (Å²) in [6.07, 6.45) is 2.13. The molecule has 2 aliphatic heterocycles. The van der Waals surface area contributed by atoms with Crippen molar-refractivity contribution in [2.24, 2.45) is 5.92 Å². The molecule has 2 aliphatic rings. The molecular formula is C27H35NO6. The van der Waals surface area contributed by atoms with E-state index in [1.54, 1.807) is 7.11 Å². The van der Waals surface area contributed by atoms with E-state index >= 15 is 0 Å². The molecule has 184 valence electrons. The molecule has 2 unspecified atom stereocenters. The molecule has 4 rings (SSSR count). The van der Waals surface area contributed by atoms with Crippen molar-refractivity contribution in [1.82, 2.24) is 4.90 Å². The Kier molecular flexibility index (Phi) is 8.29. The lowest BCUT2D eigenvalue weighted by Gasteiger charge is -2.30. The number of benzene rings is 2. The molecular weight excluding hydrogens is 434 g/mol. The van der Waals surface area contributed by atoms with Crippen LogP contribution in [0.15, 0.2) is 42.5 Å². The first-order valence-corrected chi connectivity index (χ1v) is 12.1. The van der Waals surface area contributed by atoms with Crippen LogP contribution in [0.2, 0.25) is 0 Å². The summed E-state index contributed by atoms with van der Waals surface area (Å²) in [4.78, 5) is 15.3. The summed E-state index contributed by atoms with van der Waals surface area (Å²) >= 11 is 0. The molecule has 0 saturated carbocycles. The summed E-state index contributed by atoms with van der Waals surface area (Å²) in [5.74, 6) is 2.68. The highest BCUT2D eigenvalue weighted by Gasteiger charge is 2.30. The summed E-state index contributed by atoms with van der Waals surface area (Å²) in [5.41, 5.74) is 0.753. The lowest BCUT2D eigenvalue weighted by molar-refractivity contribution is -0.121. The van der Waals surface area contributed by atoms with Gasteiger partial charge in [-0.25, -0.2) is 0 Å². The summed E-state index contributed by atoms with van der Waals surface area (Å²) in [6.45, 7) is 5.22. The van der Waals surface area contributed by atoms with E-state index in [9.17, 15) is 9.90 Å². The Bertz CT molecular complexity index is 947. The molecule has 1 saturated heterocycles. The molecule has 7 nitrogen and oxygen atoms in total. The zero-order valence-corrected chi connectivity index (χ0v) is 20.1. The van der Waals surface area contributed by atoms with Crippen molar-refractivity contribution in [3.05, 3.63) is 48.0 Å². The van der Waals surface area contributed by atoms with Gasteiger partial charge in [-0.1, -0.05) is 6.07 Å². The lowest BCUT2D eigenvalue weighted by Crippen LogP contribution is -2.35. The van der Waals surface area contributed by atoms with E-state index in [1.807, 2.05) is 42.5 Å². The third-order valence-corrected chi connectivity index (χ3v) is 6.71. The second-order valence-corrected chi connectivity index (χ2v) is 9.11. The van der Waals surface area contributed by atoms with Gasteiger partial charge in [0.1, 0.15) is 30.5 Å². The molecule has 0 radical (unpaired) electrons. The maximum atomic E-state index is 12.9. The molecule has 1 fully saturated rings. The number of carbonyl (C=O) groups is 1. The van der Waals surface area contributed by atoms with Gasteiger partial charge in [-0.05, 0) is 68.3 Å². The fourth-order valence-corrected chi connectivity index (χ4v) is 4.71. The Balaban J connectivity index is 1.38. The largest absolute Gasteiger partial charge is 0.497 e. The second-order valence-electron chi connectivity index (χ2n) is 9.11. The van der Waals surface area contributed by atoms with Crippen molar-refractivity contribution in [1.29, 1.82) is 0 Å². The number of ether oxygens (including phenoxy) is 4. The van der Waals surface area contributed by atoms with Gasteiger partial charge in [0.25, 0.3) is 0 Å². The number of aliphatic hydroxyl groups excluding tert-OH is 1. The van der Waals surface area contributed by atoms with Crippen molar-refractivity contribution in [2.45, 2.75) is 44.8 Å². The van der Waals surface area contributed by atoms with Gasteiger partial charge in [0.15, 0.2) is 11.5 Å². The fourth-order valence-electron chi connectivity index (χ4n) is 4.71. The third-order valence-electron chi connectivity index (χ3n) is 6.71. The van der Waals surface area contributed by atoms with E-state index in [-0.39, 0.29) is 11.7 Å². The van der Waals surface area contributed by atoms with Gasteiger partial charge in [0.05, 0.1) is 19.8 Å². The number of carbonyl (C=O) groups excluding carboxylic acids is 1. The number of likely N-dealkylation sites (tertiary alicyclic amines) is 1. The number of ketones is 1. The van der Waals surface area contributed by atoms with Crippen molar-refractivity contribution in [3.63, 3.8) is 0 Å². The van der Waals surface area contributed by atoms with Crippen LogP contribution < -0.4 is 18.9 Å². The molecule has 2 heterocycles. The first kappa shape index (κ1) is 24.4. The van der Waals surface area contributed by atoms with E-state index in [2.05, 4.69) is 11.8 Å². The maximum Gasteiger partial charge on any atom is 0.161 e. The molecule has 1 N–H and O–H groups in total. The Hall–Kier alpha value is -2.77. The quantitative estimate of drug-likeness (QED) is 0.532. The molecule has 0 aliphatic carbocycles. The first-order valence-electron chi connectivity index (χ1n) is 12.1. The van der Waals surface area contributed by atoms with Crippen LogP contribution in [0.1, 0.15) is 44.3 Å². The number of fused-ring (bicyclic) bond motifs is 1. The van der Waals surface area contributed by atoms with Gasteiger partial charge in [-0.15, -0.1) is 0 Å². The van der Waals surface area contributed by atoms with Crippen LogP contribution in [0.3, 0.4) is 0 Å². The average Bonchev–Trinajstić information content (AvgIpc) is 3.27. The fraction of sp³-hybridized carbons (Fsp3) is 0.519. The monoisotopic (exact) mass is 469 g/mol. The van der Waals surface area contributed by atoms with E-state index in [0.717, 1.165) is 30.7 Å². The second kappa shape index (κ2) is 11.6. The number of hydrogen-bond donors (Lipinski definition) is 1. The maximum absolute atomic E-state index is 12.9. The molecule has 0 amide bonds. The minimum Gasteiger partial charge on any atom is -0.497 e. The van der Waals surface area contributed by atoms with Gasteiger partial charge in [-0.2, -0.15) is 0 Å². The van der Waals surface area contributed by atoms with Gasteiger partial charge in [-0.3, -0.25) is 4.79 Å². The predicted molar refractivity (Wildman–Crippen MR) is 129 cm³/mol. The van der Waals surface area contributed by atoms with E-state index < -0.39 is 6.10 Å². The molecule has 3 atom stereocenters. The molecule has 0 spiro atoms. The summed E-state index contributed by atoms with van der Waals surface area (Å²) in [6, 6.07) is 13.3. The standard InChI is InChI=1S/C27H35NO6/c1-19-4-3-12-28(19)18-21(27(30)20-5-10-25-26(17-20)34-15-14-33-25)16-22(29)11-13-32-24-8-6-23(31-2)7-9-24/h5-10,17,19,21,27,30H,3-4,11-16,18H2,1-2H3/t19?,21-,27?/m1/s1. The molecule has 0 aromatic heterocycles. The Morgan fingerprint density at radius 3 is 2.56 bits per heavy atom. The smallest absolute Gasteiger partial charge is 0.161 e. The van der Waals surface area contributed by atoms with E-state index in [4.69, 9.17) is 18.9 Å².